The SMILES string of the molecule is Nc1c2ccccc2nc2c3c(ccc12)C=CCC3. The van der Waals surface area contributed by atoms with Gasteiger partial charge < -0.3 is 5.73 Å². The van der Waals surface area contributed by atoms with Gasteiger partial charge in [0.05, 0.1) is 16.7 Å². The van der Waals surface area contributed by atoms with Gasteiger partial charge in [-0.3, -0.25) is 0 Å². The number of para-hydroxylation sites is 1. The Hall–Kier alpha value is -2.35. The van der Waals surface area contributed by atoms with Crippen molar-refractivity contribution in [1.29, 1.82) is 0 Å². The Morgan fingerprint density at radius 1 is 1.00 bits per heavy atom. The topological polar surface area (TPSA) is 38.9 Å². The molecule has 1 heterocycles. The van der Waals surface area contributed by atoms with E-state index in [0.717, 1.165) is 40.3 Å². The highest BCUT2D eigenvalue weighted by molar-refractivity contribution is 6.07. The maximum atomic E-state index is 6.33. The highest BCUT2D eigenvalue weighted by Crippen LogP contribution is 2.33. The fraction of sp³-hybridized carbons (Fsp3) is 0.118. The number of anilines is 1. The Labute approximate surface area is 111 Å². The molecular weight excluding hydrogens is 232 g/mol. The number of pyridine rings is 1. The number of nitrogen functional groups attached to an aromatic ring is 1. The number of rotatable bonds is 0. The largest absolute Gasteiger partial charge is 0.398 e. The van der Waals surface area contributed by atoms with Crippen LogP contribution < -0.4 is 5.73 Å². The van der Waals surface area contributed by atoms with Crippen molar-refractivity contribution in [1.82, 2.24) is 4.98 Å². The summed E-state index contributed by atoms with van der Waals surface area (Å²) in [5.74, 6) is 0. The summed E-state index contributed by atoms with van der Waals surface area (Å²) in [7, 11) is 0. The van der Waals surface area contributed by atoms with Crippen LogP contribution in [0.5, 0.6) is 0 Å². The number of fused-ring (bicyclic) bond motifs is 4. The van der Waals surface area contributed by atoms with Crippen molar-refractivity contribution in [3.05, 3.63) is 53.6 Å². The summed E-state index contributed by atoms with van der Waals surface area (Å²) in [5, 5.41) is 2.12. The van der Waals surface area contributed by atoms with Gasteiger partial charge in [0.1, 0.15) is 0 Å². The average Bonchev–Trinajstić information content (AvgIpc) is 2.47. The number of allylic oxidation sites excluding steroid dienone is 1. The molecule has 0 amide bonds. The van der Waals surface area contributed by atoms with Crippen LogP contribution in [0.2, 0.25) is 0 Å². The van der Waals surface area contributed by atoms with Crippen LogP contribution in [-0.2, 0) is 6.42 Å². The van der Waals surface area contributed by atoms with Crippen molar-refractivity contribution >= 4 is 33.6 Å². The van der Waals surface area contributed by atoms with Crippen LogP contribution in [0, 0.1) is 0 Å². The summed E-state index contributed by atoms with van der Waals surface area (Å²) < 4.78 is 0. The first kappa shape index (κ1) is 10.6. The van der Waals surface area contributed by atoms with Crippen LogP contribution in [0.4, 0.5) is 5.69 Å². The van der Waals surface area contributed by atoms with Gasteiger partial charge in [-0.1, -0.05) is 42.5 Å². The molecule has 2 heteroatoms. The van der Waals surface area contributed by atoms with E-state index in [2.05, 4.69) is 24.3 Å². The zero-order valence-corrected chi connectivity index (χ0v) is 10.6. The summed E-state index contributed by atoms with van der Waals surface area (Å²) in [4.78, 5) is 4.84. The van der Waals surface area contributed by atoms with Crippen LogP contribution >= 0.6 is 0 Å². The Kier molecular flexibility index (Phi) is 2.12. The zero-order chi connectivity index (χ0) is 12.8. The predicted octanol–water partition coefficient (Wildman–Crippen LogP) is 3.93. The molecule has 2 N–H and O–H groups in total. The molecule has 2 aromatic carbocycles. The van der Waals surface area contributed by atoms with Crippen molar-refractivity contribution in [2.75, 3.05) is 5.73 Å². The Balaban J connectivity index is 2.21. The van der Waals surface area contributed by atoms with Gasteiger partial charge in [0, 0.05) is 10.8 Å². The van der Waals surface area contributed by atoms with Crippen molar-refractivity contribution in [2.45, 2.75) is 12.8 Å². The minimum absolute atomic E-state index is 0.845. The van der Waals surface area contributed by atoms with E-state index in [-0.39, 0.29) is 0 Å². The Bertz CT molecular complexity index is 831. The molecule has 0 bridgehead atoms. The summed E-state index contributed by atoms with van der Waals surface area (Å²) in [6.07, 6.45) is 6.54. The molecule has 0 spiro atoms. The second kappa shape index (κ2) is 3.82. The second-order valence-corrected chi connectivity index (χ2v) is 5.01. The smallest absolute Gasteiger partial charge is 0.0768 e. The third-order valence-corrected chi connectivity index (χ3v) is 3.89. The normalized spacial score (nSPS) is 13.9. The lowest BCUT2D eigenvalue weighted by Gasteiger charge is -2.15. The molecule has 0 atom stereocenters. The summed E-state index contributed by atoms with van der Waals surface area (Å²) in [6.45, 7) is 0. The van der Waals surface area contributed by atoms with E-state index < -0.39 is 0 Å². The van der Waals surface area contributed by atoms with Gasteiger partial charge >= 0.3 is 0 Å². The molecule has 1 aromatic heterocycles. The van der Waals surface area contributed by atoms with Gasteiger partial charge in [0.2, 0.25) is 0 Å². The number of nitrogens with two attached hydrogens (primary N) is 1. The predicted molar refractivity (Wildman–Crippen MR) is 81.0 cm³/mol. The molecule has 1 aliphatic carbocycles. The van der Waals surface area contributed by atoms with Crippen LogP contribution in [0.3, 0.4) is 0 Å². The lowest BCUT2D eigenvalue weighted by atomic mass is 9.93. The van der Waals surface area contributed by atoms with E-state index in [1.807, 2.05) is 24.3 Å². The maximum absolute atomic E-state index is 6.33. The standard InChI is InChI=1S/C17H14N2/c18-16-13-7-3-4-8-15(13)19-17-12-6-2-1-5-11(12)9-10-14(16)17/h1,3-5,7-10H,2,6H2,(H2,18,19). The van der Waals surface area contributed by atoms with Gasteiger partial charge in [0.25, 0.3) is 0 Å². The summed E-state index contributed by atoms with van der Waals surface area (Å²) in [6, 6.07) is 12.3. The average molecular weight is 246 g/mol. The highest BCUT2D eigenvalue weighted by atomic mass is 14.7. The highest BCUT2D eigenvalue weighted by Gasteiger charge is 2.13. The van der Waals surface area contributed by atoms with E-state index in [0.29, 0.717) is 0 Å². The first-order valence-corrected chi connectivity index (χ1v) is 6.61. The third-order valence-electron chi connectivity index (χ3n) is 3.89. The molecule has 0 saturated carbocycles. The van der Waals surface area contributed by atoms with E-state index in [4.69, 9.17) is 10.7 Å². The molecule has 4 rings (SSSR count). The van der Waals surface area contributed by atoms with Crippen molar-refractivity contribution in [3.8, 4) is 0 Å². The van der Waals surface area contributed by atoms with Gasteiger partial charge in [-0.25, -0.2) is 4.98 Å². The van der Waals surface area contributed by atoms with Crippen LogP contribution in [0.25, 0.3) is 27.9 Å². The van der Waals surface area contributed by atoms with Crippen LogP contribution in [0.15, 0.2) is 42.5 Å². The molecule has 0 radical (unpaired) electrons. The molecular formula is C17H14N2. The summed E-state index contributed by atoms with van der Waals surface area (Å²) >= 11 is 0. The molecule has 3 aromatic rings. The van der Waals surface area contributed by atoms with Gasteiger partial charge in [-0.2, -0.15) is 0 Å². The van der Waals surface area contributed by atoms with Crippen LogP contribution in [0.1, 0.15) is 17.5 Å². The first-order chi connectivity index (χ1) is 9.34. The quantitative estimate of drug-likeness (QED) is 0.610. The molecule has 0 unspecified atom stereocenters. The molecule has 1 aliphatic rings. The van der Waals surface area contributed by atoms with E-state index in [1.165, 1.54) is 11.1 Å². The van der Waals surface area contributed by atoms with Gasteiger partial charge in [-0.05, 0) is 30.0 Å². The molecule has 0 saturated heterocycles. The van der Waals surface area contributed by atoms with Gasteiger partial charge in [-0.15, -0.1) is 0 Å². The number of benzene rings is 2. The van der Waals surface area contributed by atoms with Crippen LogP contribution in [-0.4, -0.2) is 4.98 Å². The molecule has 0 fully saturated rings. The Morgan fingerprint density at radius 2 is 1.89 bits per heavy atom. The minimum Gasteiger partial charge on any atom is -0.398 e. The fourth-order valence-electron chi connectivity index (χ4n) is 2.92. The molecule has 92 valence electrons. The lowest BCUT2D eigenvalue weighted by molar-refractivity contribution is 0.993. The number of aromatic nitrogens is 1. The van der Waals surface area contributed by atoms with Crippen molar-refractivity contribution < 1.29 is 0 Å². The third kappa shape index (κ3) is 1.46. The second-order valence-electron chi connectivity index (χ2n) is 5.01. The maximum Gasteiger partial charge on any atom is 0.0768 e. The zero-order valence-electron chi connectivity index (χ0n) is 10.6. The number of hydrogen-bond acceptors (Lipinski definition) is 2. The van der Waals surface area contributed by atoms with Crippen molar-refractivity contribution in [3.63, 3.8) is 0 Å². The summed E-state index contributed by atoms with van der Waals surface area (Å²) in [5.41, 5.74) is 11.8. The number of hydrogen-bond donors (Lipinski definition) is 1. The van der Waals surface area contributed by atoms with Gasteiger partial charge in [0.15, 0.2) is 0 Å². The fourth-order valence-corrected chi connectivity index (χ4v) is 2.92. The first-order valence-electron chi connectivity index (χ1n) is 6.61. The minimum atomic E-state index is 0.845. The lowest BCUT2D eigenvalue weighted by Crippen LogP contribution is -2.00. The molecule has 19 heavy (non-hydrogen) atoms. The van der Waals surface area contributed by atoms with E-state index in [9.17, 15) is 0 Å². The number of aryl methyl sites for hydroxylation is 1. The van der Waals surface area contributed by atoms with E-state index in [1.54, 1.807) is 0 Å². The monoisotopic (exact) mass is 246 g/mol. The Morgan fingerprint density at radius 3 is 2.84 bits per heavy atom. The van der Waals surface area contributed by atoms with E-state index >= 15 is 0 Å². The molecule has 0 aliphatic heterocycles. The number of nitrogens with zero attached hydrogens (tertiary/aromatic N) is 1. The molecule has 2 nitrogen and oxygen atoms in total. The van der Waals surface area contributed by atoms with Crippen molar-refractivity contribution in [2.24, 2.45) is 0 Å².